The third-order valence-corrected chi connectivity index (χ3v) is 4.27. The van der Waals surface area contributed by atoms with E-state index in [9.17, 15) is 9.59 Å². The van der Waals surface area contributed by atoms with E-state index in [4.69, 9.17) is 0 Å². The van der Waals surface area contributed by atoms with Crippen molar-refractivity contribution in [2.24, 2.45) is 0 Å². The molecule has 2 rings (SSSR count). The maximum absolute atomic E-state index is 12.4. The van der Waals surface area contributed by atoms with Crippen LogP contribution in [0.25, 0.3) is 0 Å². The van der Waals surface area contributed by atoms with Crippen molar-refractivity contribution in [2.75, 3.05) is 6.54 Å². The lowest BCUT2D eigenvalue weighted by atomic mass is 10.1. The summed E-state index contributed by atoms with van der Waals surface area (Å²) in [4.78, 5) is 24.6. The summed E-state index contributed by atoms with van der Waals surface area (Å²) in [6, 6.07) is 19.5. The molecule has 1 unspecified atom stereocenters. The molecule has 138 valence electrons. The van der Waals surface area contributed by atoms with Crippen molar-refractivity contribution in [3.63, 3.8) is 0 Å². The summed E-state index contributed by atoms with van der Waals surface area (Å²) in [5, 5.41) is 5.83. The number of hydrogen-bond donors (Lipinski definition) is 2. The first-order chi connectivity index (χ1) is 12.7. The Labute approximate surface area is 156 Å². The molecule has 0 heterocycles. The smallest absolute Gasteiger partial charge is 0.242 e. The highest BCUT2D eigenvalue weighted by Gasteiger charge is 2.19. The molecule has 4 heteroatoms. The van der Waals surface area contributed by atoms with Gasteiger partial charge in [-0.2, -0.15) is 0 Å². The van der Waals surface area contributed by atoms with Crippen molar-refractivity contribution >= 4 is 11.8 Å². The maximum atomic E-state index is 12.4. The van der Waals surface area contributed by atoms with Gasteiger partial charge in [0, 0.05) is 13.0 Å². The first-order valence-electron chi connectivity index (χ1n) is 9.34. The second kappa shape index (κ2) is 11.1. The Morgan fingerprint density at radius 3 is 2.04 bits per heavy atom. The second-order valence-corrected chi connectivity index (χ2v) is 6.42. The van der Waals surface area contributed by atoms with Crippen LogP contribution in [-0.4, -0.2) is 24.4 Å². The van der Waals surface area contributed by atoms with Gasteiger partial charge in [-0.05, 0) is 30.4 Å². The molecule has 2 amide bonds. The van der Waals surface area contributed by atoms with Crippen molar-refractivity contribution in [3.8, 4) is 0 Å². The van der Waals surface area contributed by atoms with Gasteiger partial charge in [-0.15, -0.1) is 0 Å². The average Bonchev–Trinajstić information content (AvgIpc) is 2.67. The minimum atomic E-state index is -0.459. The topological polar surface area (TPSA) is 58.2 Å². The number of carbonyl (C=O) groups is 2. The molecule has 0 radical (unpaired) electrons. The highest BCUT2D eigenvalue weighted by atomic mass is 16.2. The molecule has 1 atom stereocenters. The summed E-state index contributed by atoms with van der Waals surface area (Å²) < 4.78 is 0. The Balaban J connectivity index is 1.76. The first kappa shape index (κ1) is 19.7. The predicted molar refractivity (Wildman–Crippen MR) is 105 cm³/mol. The van der Waals surface area contributed by atoms with Crippen molar-refractivity contribution in [2.45, 2.75) is 45.1 Å². The summed E-state index contributed by atoms with van der Waals surface area (Å²) >= 11 is 0. The van der Waals surface area contributed by atoms with E-state index < -0.39 is 6.04 Å². The van der Waals surface area contributed by atoms with E-state index in [2.05, 4.69) is 10.6 Å². The van der Waals surface area contributed by atoms with Gasteiger partial charge in [0.1, 0.15) is 6.04 Å². The van der Waals surface area contributed by atoms with Gasteiger partial charge in [-0.25, -0.2) is 0 Å². The van der Waals surface area contributed by atoms with Crippen molar-refractivity contribution in [3.05, 3.63) is 71.8 Å². The molecular weight excluding hydrogens is 324 g/mol. The molecule has 2 N–H and O–H groups in total. The SMILES string of the molecule is CCCC(NC(=O)CCc1ccccc1)C(=O)NCCc1ccccc1. The summed E-state index contributed by atoms with van der Waals surface area (Å²) in [7, 11) is 0. The number of aryl methyl sites for hydroxylation is 1. The van der Waals surface area contributed by atoms with Gasteiger partial charge < -0.3 is 10.6 Å². The van der Waals surface area contributed by atoms with E-state index in [1.54, 1.807) is 0 Å². The van der Waals surface area contributed by atoms with Crippen LogP contribution >= 0.6 is 0 Å². The fourth-order valence-corrected chi connectivity index (χ4v) is 2.82. The lowest BCUT2D eigenvalue weighted by Crippen LogP contribution is -2.47. The zero-order valence-corrected chi connectivity index (χ0v) is 15.4. The molecule has 0 fully saturated rings. The van der Waals surface area contributed by atoms with Gasteiger partial charge in [0.05, 0.1) is 0 Å². The van der Waals surface area contributed by atoms with Gasteiger partial charge in [-0.3, -0.25) is 9.59 Å². The normalized spacial score (nSPS) is 11.6. The fraction of sp³-hybridized carbons (Fsp3) is 0.364. The molecule has 0 aromatic heterocycles. The summed E-state index contributed by atoms with van der Waals surface area (Å²) in [6.07, 6.45) is 3.35. The van der Waals surface area contributed by atoms with Gasteiger partial charge in [0.15, 0.2) is 0 Å². The fourth-order valence-electron chi connectivity index (χ4n) is 2.82. The van der Waals surface area contributed by atoms with Crippen LogP contribution in [0.3, 0.4) is 0 Å². The Morgan fingerprint density at radius 1 is 0.885 bits per heavy atom. The lowest BCUT2D eigenvalue weighted by molar-refractivity contribution is -0.129. The molecule has 2 aromatic carbocycles. The van der Waals surface area contributed by atoms with Gasteiger partial charge in [-0.1, -0.05) is 74.0 Å². The number of benzene rings is 2. The van der Waals surface area contributed by atoms with E-state index in [0.29, 0.717) is 25.8 Å². The van der Waals surface area contributed by atoms with Crippen LogP contribution < -0.4 is 10.6 Å². The Hall–Kier alpha value is -2.62. The zero-order valence-electron chi connectivity index (χ0n) is 15.4. The van der Waals surface area contributed by atoms with Crippen LogP contribution in [0.4, 0.5) is 0 Å². The predicted octanol–water partition coefficient (Wildman–Crippen LogP) is 3.26. The maximum Gasteiger partial charge on any atom is 0.242 e. The number of nitrogens with one attached hydrogen (secondary N) is 2. The summed E-state index contributed by atoms with van der Waals surface area (Å²) in [5.74, 6) is -0.179. The van der Waals surface area contributed by atoms with Gasteiger partial charge >= 0.3 is 0 Å². The van der Waals surface area contributed by atoms with Crippen LogP contribution in [-0.2, 0) is 22.4 Å². The highest BCUT2D eigenvalue weighted by Crippen LogP contribution is 2.04. The van der Waals surface area contributed by atoms with Crippen LogP contribution in [0.2, 0.25) is 0 Å². The van der Waals surface area contributed by atoms with Crippen molar-refractivity contribution in [1.82, 2.24) is 10.6 Å². The third-order valence-electron chi connectivity index (χ3n) is 4.27. The zero-order chi connectivity index (χ0) is 18.6. The number of hydrogen-bond acceptors (Lipinski definition) is 2. The Morgan fingerprint density at radius 2 is 1.46 bits per heavy atom. The van der Waals surface area contributed by atoms with E-state index in [1.165, 1.54) is 5.56 Å². The summed E-state index contributed by atoms with van der Waals surface area (Å²) in [6.45, 7) is 2.59. The Kier molecular flexibility index (Phi) is 8.40. The number of amides is 2. The highest BCUT2D eigenvalue weighted by molar-refractivity contribution is 5.87. The van der Waals surface area contributed by atoms with Crippen LogP contribution in [0, 0.1) is 0 Å². The minimum Gasteiger partial charge on any atom is -0.354 e. The molecule has 26 heavy (non-hydrogen) atoms. The van der Waals surface area contributed by atoms with Crippen LogP contribution in [0.15, 0.2) is 60.7 Å². The monoisotopic (exact) mass is 352 g/mol. The van der Waals surface area contributed by atoms with E-state index in [-0.39, 0.29) is 11.8 Å². The first-order valence-corrected chi connectivity index (χ1v) is 9.34. The second-order valence-electron chi connectivity index (χ2n) is 6.42. The van der Waals surface area contributed by atoms with E-state index in [1.807, 2.05) is 67.6 Å². The Bertz CT molecular complexity index is 671. The molecule has 0 saturated heterocycles. The number of carbonyl (C=O) groups excluding carboxylic acids is 2. The molecule has 0 spiro atoms. The van der Waals surface area contributed by atoms with E-state index >= 15 is 0 Å². The molecule has 2 aromatic rings. The van der Waals surface area contributed by atoms with Crippen LogP contribution in [0.1, 0.15) is 37.3 Å². The largest absolute Gasteiger partial charge is 0.354 e. The molecule has 0 saturated carbocycles. The van der Waals surface area contributed by atoms with Crippen LogP contribution in [0.5, 0.6) is 0 Å². The van der Waals surface area contributed by atoms with Crippen molar-refractivity contribution < 1.29 is 9.59 Å². The molecule has 0 bridgehead atoms. The van der Waals surface area contributed by atoms with Crippen molar-refractivity contribution in [1.29, 1.82) is 0 Å². The summed E-state index contributed by atoms with van der Waals surface area (Å²) in [5.41, 5.74) is 2.31. The lowest BCUT2D eigenvalue weighted by Gasteiger charge is -2.18. The average molecular weight is 352 g/mol. The molecular formula is C22H28N2O2. The number of rotatable bonds is 10. The minimum absolute atomic E-state index is 0.0782. The van der Waals surface area contributed by atoms with E-state index in [0.717, 1.165) is 18.4 Å². The standard InChI is InChI=1S/C22H28N2O2/c1-2-9-20(22(26)23-17-16-19-12-7-4-8-13-19)24-21(25)15-14-18-10-5-3-6-11-18/h3-8,10-13,20H,2,9,14-17H2,1H3,(H,23,26)(H,24,25). The molecule has 0 aliphatic carbocycles. The third kappa shape index (κ3) is 7.09. The van der Waals surface area contributed by atoms with Gasteiger partial charge in [0.2, 0.25) is 11.8 Å². The molecule has 0 aliphatic heterocycles. The quantitative estimate of drug-likeness (QED) is 0.689. The molecule has 0 aliphatic rings. The molecule has 4 nitrogen and oxygen atoms in total. The van der Waals surface area contributed by atoms with Gasteiger partial charge in [0.25, 0.3) is 0 Å².